The van der Waals surface area contributed by atoms with Crippen molar-refractivity contribution in [3.8, 4) is 17.2 Å². The third kappa shape index (κ3) is 8.02. The van der Waals surface area contributed by atoms with Gasteiger partial charge in [-0.3, -0.25) is 19.7 Å². The Bertz CT molecular complexity index is 1950. The van der Waals surface area contributed by atoms with E-state index in [2.05, 4.69) is 20.4 Å². The molecule has 0 aliphatic heterocycles. The lowest BCUT2D eigenvalue weighted by Gasteiger charge is -2.11. The Morgan fingerprint density at radius 3 is 2.45 bits per heavy atom. The monoisotopic (exact) mass is 659 g/mol. The number of nitro groups is 1. The summed E-state index contributed by atoms with van der Waals surface area (Å²) in [5.41, 5.74) is 4.86. The highest BCUT2D eigenvalue weighted by molar-refractivity contribution is 6.31. The van der Waals surface area contributed by atoms with E-state index in [0.29, 0.717) is 11.5 Å². The molecule has 5 rings (SSSR count). The summed E-state index contributed by atoms with van der Waals surface area (Å²) in [4.78, 5) is 36.0. The summed E-state index contributed by atoms with van der Waals surface area (Å²) in [5, 5.41) is 17.8. The maximum Gasteiger partial charge on any atom is 0.313 e. The predicted octanol–water partition coefficient (Wildman–Crippen LogP) is 6.75. The van der Waals surface area contributed by atoms with Crippen LogP contribution in [-0.4, -0.2) is 34.1 Å². The zero-order chi connectivity index (χ0) is 33.5. The molecule has 0 radical (unpaired) electrons. The average Bonchev–Trinajstić information content (AvgIpc) is 3.66. The van der Waals surface area contributed by atoms with Gasteiger partial charge < -0.3 is 23.8 Å². The minimum absolute atomic E-state index is 0.00941. The second-order valence-corrected chi connectivity index (χ2v) is 10.6. The molecule has 3 aromatic carbocycles. The zero-order valence-electron chi connectivity index (χ0n) is 25.0. The minimum Gasteiger partial charge on any atom is -0.486 e. The van der Waals surface area contributed by atoms with E-state index < -0.39 is 34.8 Å². The summed E-state index contributed by atoms with van der Waals surface area (Å²) in [7, 11) is 0. The standard InChI is InChI=1S/C33H27ClFN5O7/c1-20-7-8-21(2)39(20)24-9-11-25(12-10-24)45-18-26-13-14-30(47-26)33(42)38-36-17-22-15-23(34)16-29(40(43)44)32(22)46-19-31(41)37-28-6-4-3-5-27(28)35/h3-17H,18-19H2,1-2H3,(H,37,41)(H,38,42)/b36-17+. The van der Waals surface area contributed by atoms with Crippen molar-refractivity contribution in [1.29, 1.82) is 0 Å². The number of nitro benzene ring substituents is 1. The Morgan fingerprint density at radius 1 is 1.02 bits per heavy atom. The summed E-state index contributed by atoms with van der Waals surface area (Å²) in [5.74, 6) is -1.55. The van der Waals surface area contributed by atoms with E-state index in [1.807, 2.05) is 50.2 Å². The summed E-state index contributed by atoms with van der Waals surface area (Å²) in [6, 6.07) is 22.5. The second-order valence-electron chi connectivity index (χ2n) is 10.1. The van der Waals surface area contributed by atoms with Gasteiger partial charge in [-0.15, -0.1) is 0 Å². The molecule has 2 amide bonds. The number of aryl methyl sites for hydroxylation is 2. The van der Waals surface area contributed by atoms with Gasteiger partial charge in [0.1, 0.15) is 23.9 Å². The van der Waals surface area contributed by atoms with E-state index in [-0.39, 0.29) is 34.4 Å². The van der Waals surface area contributed by atoms with Crippen molar-refractivity contribution in [1.82, 2.24) is 9.99 Å². The lowest BCUT2D eigenvalue weighted by Crippen LogP contribution is -2.21. The van der Waals surface area contributed by atoms with Gasteiger partial charge in [0.25, 0.3) is 5.91 Å². The number of ether oxygens (including phenoxy) is 2. The van der Waals surface area contributed by atoms with E-state index >= 15 is 0 Å². The SMILES string of the molecule is Cc1ccc(C)n1-c1ccc(OCc2ccc(C(=O)N/N=C/c3cc(Cl)cc([N+](=O)[O-])c3OCC(=O)Nc3ccccc3F)o2)cc1. The Kier molecular flexibility index (Phi) is 9.96. The van der Waals surface area contributed by atoms with E-state index in [1.54, 1.807) is 6.07 Å². The molecule has 0 fully saturated rings. The number of halogens is 2. The summed E-state index contributed by atoms with van der Waals surface area (Å²) in [6.45, 7) is 3.43. The van der Waals surface area contributed by atoms with Crippen LogP contribution in [0.2, 0.25) is 5.02 Å². The molecular formula is C33H27ClFN5O7. The first-order chi connectivity index (χ1) is 22.6. The van der Waals surface area contributed by atoms with Gasteiger partial charge in [0.2, 0.25) is 5.75 Å². The largest absolute Gasteiger partial charge is 0.486 e. The van der Waals surface area contributed by atoms with Crippen molar-refractivity contribution in [3.05, 3.63) is 134 Å². The second kappa shape index (κ2) is 14.4. The number of furan rings is 1. The van der Waals surface area contributed by atoms with Gasteiger partial charge in [0, 0.05) is 33.7 Å². The van der Waals surface area contributed by atoms with E-state index in [4.69, 9.17) is 25.5 Å². The van der Waals surface area contributed by atoms with Crippen molar-refractivity contribution in [2.24, 2.45) is 5.10 Å². The molecule has 0 saturated carbocycles. The number of hydrogen-bond donors (Lipinski definition) is 2. The molecule has 0 unspecified atom stereocenters. The van der Waals surface area contributed by atoms with E-state index in [0.717, 1.165) is 35.4 Å². The van der Waals surface area contributed by atoms with Gasteiger partial charge in [-0.1, -0.05) is 23.7 Å². The highest BCUT2D eigenvalue weighted by Gasteiger charge is 2.22. The van der Waals surface area contributed by atoms with Crippen molar-refractivity contribution in [2.75, 3.05) is 11.9 Å². The van der Waals surface area contributed by atoms with Crippen LogP contribution in [0, 0.1) is 29.8 Å². The van der Waals surface area contributed by atoms with Crippen LogP contribution in [-0.2, 0) is 11.4 Å². The van der Waals surface area contributed by atoms with Gasteiger partial charge in [-0.2, -0.15) is 5.10 Å². The lowest BCUT2D eigenvalue weighted by molar-refractivity contribution is -0.385. The fraction of sp³-hybridized carbons (Fsp3) is 0.121. The number of hydrogen-bond acceptors (Lipinski definition) is 8. The first kappa shape index (κ1) is 32.4. The van der Waals surface area contributed by atoms with Gasteiger partial charge in [0.05, 0.1) is 16.8 Å². The number of hydrazone groups is 1. The molecule has 0 aliphatic carbocycles. The quantitative estimate of drug-likeness (QED) is 0.0854. The molecule has 2 aromatic heterocycles. The molecule has 0 aliphatic rings. The maximum atomic E-state index is 13.9. The third-order valence-electron chi connectivity index (χ3n) is 6.76. The Labute approximate surface area is 272 Å². The van der Waals surface area contributed by atoms with E-state index in [1.165, 1.54) is 30.3 Å². The Hall–Kier alpha value is -5.95. The summed E-state index contributed by atoms with van der Waals surface area (Å²) >= 11 is 6.05. The van der Waals surface area contributed by atoms with Gasteiger partial charge >= 0.3 is 11.6 Å². The van der Waals surface area contributed by atoms with Gasteiger partial charge in [-0.25, -0.2) is 9.82 Å². The number of para-hydroxylation sites is 1. The van der Waals surface area contributed by atoms with Crippen LogP contribution >= 0.6 is 11.6 Å². The number of aromatic nitrogens is 1. The normalized spacial score (nSPS) is 11.0. The molecule has 0 saturated heterocycles. The zero-order valence-corrected chi connectivity index (χ0v) is 25.8. The van der Waals surface area contributed by atoms with Crippen LogP contribution in [0.4, 0.5) is 15.8 Å². The number of rotatable bonds is 12. The van der Waals surface area contributed by atoms with Crippen LogP contribution in [0.3, 0.4) is 0 Å². The number of nitrogens with zero attached hydrogens (tertiary/aromatic N) is 3. The molecule has 2 heterocycles. The molecule has 12 nitrogen and oxygen atoms in total. The highest BCUT2D eigenvalue weighted by Crippen LogP contribution is 2.34. The third-order valence-corrected chi connectivity index (χ3v) is 6.98. The average molecular weight is 660 g/mol. The summed E-state index contributed by atoms with van der Waals surface area (Å²) < 4.78 is 32.8. The van der Waals surface area contributed by atoms with Crippen LogP contribution in [0.5, 0.6) is 11.5 Å². The van der Waals surface area contributed by atoms with Gasteiger partial charge in [0.15, 0.2) is 12.4 Å². The fourth-order valence-electron chi connectivity index (χ4n) is 4.59. The maximum absolute atomic E-state index is 13.9. The molecule has 47 heavy (non-hydrogen) atoms. The molecule has 2 N–H and O–H groups in total. The van der Waals surface area contributed by atoms with Crippen molar-refractivity contribution in [3.63, 3.8) is 0 Å². The molecule has 0 bridgehead atoms. The van der Waals surface area contributed by atoms with Crippen LogP contribution in [0.25, 0.3) is 5.69 Å². The van der Waals surface area contributed by atoms with Crippen LogP contribution in [0.15, 0.2) is 94.4 Å². The smallest absolute Gasteiger partial charge is 0.313 e. The number of carbonyl (C=O) groups is 2. The molecule has 14 heteroatoms. The van der Waals surface area contributed by atoms with Crippen molar-refractivity contribution < 1.29 is 32.8 Å². The number of amides is 2. The lowest BCUT2D eigenvalue weighted by atomic mass is 10.2. The predicted molar refractivity (Wildman–Crippen MR) is 172 cm³/mol. The first-order valence-electron chi connectivity index (χ1n) is 14.0. The fourth-order valence-corrected chi connectivity index (χ4v) is 4.81. The first-order valence-corrected chi connectivity index (χ1v) is 14.4. The highest BCUT2D eigenvalue weighted by atomic mass is 35.5. The number of benzene rings is 3. The topological polar surface area (TPSA) is 150 Å². The Morgan fingerprint density at radius 2 is 1.74 bits per heavy atom. The molecule has 0 spiro atoms. The van der Waals surface area contributed by atoms with Crippen molar-refractivity contribution >= 4 is 41.0 Å². The minimum atomic E-state index is -0.771. The molecular weight excluding hydrogens is 633 g/mol. The van der Waals surface area contributed by atoms with Crippen LogP contribution in [0.1, 0.15) is 33.3 Å². The van der Waals surface area contributed by atoms with Gasteiger partial charge in [-0.05, 0) is 80.6 Å². The number of carbonyl (C=O) groups excluding carboxylic acids is 2. The molecule has 0 atom stereocenters. The van der Waals surface area contributed by atoms with Crippen LogP contribution < -0.4 is 20.2 Å². The summed E-state index contributed by atoms with van der Waals surface area (Å²) in [6.07, 6.45) is 1.06. The molecule has 240 valence electrons. The van der Waals surface area contributed by atoms with E-state index in [9.17, 15) is 24.1 Å². The van der Waals surface area contributed by atoms with Crippen molar-refractivity contribution in [2.45, 2.75) is 20.5 Å². The Balaban J connectivity index is 1.20. The molecule has 5 aromatic rings. The number of anilines is 1. The number of nitrogens with one attached hydrogen (secondary N) is 2.